The molecule has 132 valence electrons. The van der Waals surface area contributed by atoms with E-state index in [1.807, 2.05) is 48.7 Å². The molecule has 1 amide bonds. The molecule has 3 aromatic rings. The molecule has 0 unspecified atom stereocenters. The highest BCUT2D eigenvalue weighted by Gasteiger charge is 2.34. The maximum absolute atomic E-state index is 12.5. The van der Waals surface area contributed by atoms with Gasteiger partial charge in [-0.2, -0.15) is 4.98 Å². The lowest BCUT2D eigenvalue weighted by atomic mass is 10.1. The maximum atomic E-state index is 12.5. The number of hydrogen-bond acceptors (Lipinski definition) is 7. The summed E-state index contributed by atoms with van der Waals surface area (Å²) < 4.78 is 6.23. The highest BCUT2D eigenvalue weighted by atomic mass is 32.2. The van der Waals surface area contributed by atoms with Crippen LogP contribution >= 0.6 is 23.1 Å². The van der Waals surface area contributed by atoms with Gasteiger partial charge in [0, 0.05) is 12.5 Å². The lowest BCUT2D eigenvalue weighted by molar-refractivity contribution is -0.118. The fraction of sp³-hybridized carbons (Fsp3) is 0.222. The first-order valence-corrected chi connectivity index (χ1v) is 10.0. The van der Waals surface area contributed by atoms with Gasteiger partial charge in [-0.05, 0) is 23.3 Å². The minimum absolute atomic E-state index is 0.111. The van der Waals surface area contributed by atoms with E-state index in [0.29, 0.717) is 16.7 Å². The third-order valence-electron chi connectivity index (χ3n) is 3.91. The van der Waals surface area contributed by atoms with Gasteiger partial charge in [-0.3, -0.25) is 9.69 Å². The zero-order valence-electron chi connectivity index (χ0n) is 14.2. The van der Waals surface area contributed by atoms with Crippen molar-refractivity contribution in [2.75, 3.05) is 10.7 Å². The predicted molar refractivity (Wildman–Crippen MR) is 103 cm³/mol. The number of thioether (sulfide) groups is 1. The Morgan fingerprint density at radius 1 is 1.27 bits per heavy atom. The molecule has 1 aliphatic heterocycles. The number of para-hydroxylation sites is 1. The highest BCUT2D eigenvalue weighted by Crippen LogP contribution is 2.43. The van der Waals surface area contributed by atoms with E-state index in [9.17, 15) is 4.79 Å². The summed E-state index contributed by atoms with van der Waals surface area (Å²) in [7, 11) is 0. The number of benzene rings is 1. The number of carbonyl (C=O) groups is 1. The summed E-state index contributed by atoms with van der Waals surface area (Å²) >= 11 is 3.04. The van der Waals surface area contributed by atoms with Crippen LogP contribution in [-0.4, -0.2) is 26.8 Å². The van der Waals surface area contributed by atoms with Crippen LogP contribution in [0.2, 0.25) is 0 Å². The average molecular weight is 384 g/mol. The Hall–Kier alpha value is -2.45. The van der Waals surface area contributed by atoms with Crippen LogP contribution in [0.5, 0.6) is 5.88 Å². The number of aromatic nitrogens is 3. The summed E-state index contributed by atoms with van der Waals surface area (Å²) in [5, 5.41) is 11.1. The van der Waals surface area contributed by atoms with Gasteiger partial charge in [-0.15, -0.1) is 21.5 Å². The van der Waals surface area contributed by atoms with Crippen molar-refractivity contribution in [1.82, 2.24) is 15.2 Å². The Bertz CT molecular complexity index is 946. The molecule has 8 heteroatoms. The summed E-state index contributed by atoms with van der Waals surface area (Å²) in [6, 6.07) is 11.5. The number of amides is 1. The molecule has 1 aromatic carbocycles. The van der Waals surface area contributed by atoms with Gasteiger partial charge < -0.3 is 4.74 Å². The minimum Gasteiger partial charge on any atom is -0.446 e. The molecular weight excluding hydrogens is 368 g/mol. The fourth-order valence-electron chi connectivity index (χ4n) is 2.86. The van der Waals surface area contributed by atoms with Crippen LogP contribution in [0.1, 0.15) is 25.0 Å². The molecule has 1 atom stereocenters. The number of nitrogens with zero attached hydrogens (tertiary/aromatic N) is 4. The number of hydrogen-bond donors (Lipinski definition) is 0. The van der Waals surface area contributed by atoms with Gasteiger partial charge >= 0.3 is 0 Å². The molecule has 0 N–H and O–H groups in total. The van der Waals surface area contributed by atoms with Crippen molar-refractivity contribution in [2.24, 2.45) is 0 Å². The van der Waals surface area contributed by atoms with E-state index < -0.39 is 6.23 Å². The molecule has 0 aliphatic carbocycles. The van der Waals surface area contributed by atoms with Crippen molar-refractivity contribution < 1.29 is 9.53 Å². The topological polar surface area (TPSA) is 68.2 Å². The van der Waals surface area contributed by atoms with Gasteiger partial charge in [-0.1, -0.05) is 43.0 Å². The number of rotatable bonds is 3. The van der Waals surface area contributed by atoms with Crippen LogP contribution in [0.15, 0.2) is 46.9 Å². The van der Waals surface area contributed by atoms with E-state index in [1.54, 1.807) is 4.90 Å². The summed E-state index contributed by atoms with van der Waals surface area (Å²) in [5.41, 5.74) is 2.07. The molecule has 0 fully saturated rings. The number of ether oxygens (including phenoxy) is 1. The molecule has 0 saturated carbocycles. The lowest BCUT2D eigenvalue weighted by Crippen LogP contribution is -2.35. The number of thiophene rings is 1. The summed E-state index contributed by atoms with van der Waals surface area (Å²) in [4.78, 5) is 19.7. The third kappa shape index (κ3) is 2.95. The fourth-order valence-corrected chi connectivity index (χ4v) is 4.11. The number of carbonyl (C=O) groups excluding carboxylic acids is 1. The average Bonchev–Trinajstić information content (AvgIpc) is 3.12. The lowest BCUT2D eigenvalue weighted by Gasteiger charge is -2.28. The Morgan fingerprint density at radius 3 is 2.85 bits per heavy atom. The quantitative estimate of drug-likeness (QED) is 0.632. The van der Waals surface area contributed by atoms with Crippen molar-refractivity contribution in [3.05, 3.63) is 46.7 Å². The van der Waals surface area contributed by atoms with Gasteiger partial charge in [0.1, 0.15) is 0 Å². The second-order valence-corrected chi connectivity index (χ2v) is 7.78. The molecule has 2 aromatic heterocycles. The van der Waals surface area contributed by atoms with Gasteiger partial charge in [0.2, 0.25) is 23.2 Å². The van der Waals surface area contributed by atoms with E-state index in [4.69, 9.17) is 4.74 Å². The Morgan fingerprint density at radius 2 is 2.12 bits per heavy atom. The molecule has 0 bridgehead atoms. The molecule has 0 radical (unpaired) electrons. The summed E-state index contributed by atoms with van der Waals surface area (Å²) in [6.07, 6.45) is -0.592. The molecule has 26 heavy (non-hydrogen) atoms. The van der Waals surface area contributed by atoms with Crippen LogP contribution in [0.3, 0.4) is 0 Å². The van der Waals surface area contributed by atoms with Crippen molar-refractivity contribution >= 4 is 34.7 Å². The van der Waals surface area contributed by atoms with Crippen LogP contribution in [0.4, 0.5) is 5.69 Å². The van der Waals surface area contributed by atoms with Gasteiger partial charge in [0.25, 0.3) is 0 Å². The van der Waals surface area contributed by atoms with E-state index in [0.717, 1.165) is 21.9 Å². The SMILES string of the molecule is CCSc1nnc2c(n1)O[C@H](c1cccs1)N(C(C)=O)c1ccccc1-2. The first-order chi connectivity index (χ1) is 12.7. The molecule has 1 aliphatic rings. The monoisotopic (exact) mass is 384 g/mol. The first kappa shape index (κ1) is 17.0. The van der Waals surface area contributed by atoms with Crippen molar-refractivity contribution in [3.8, 4) is 17.1 Å². The number of fused-ring (bicyclic) bond motifs is 3. The van der Waals surface area contributed by atoms with Crippen LogP contribution in [0.25, 0.3) is 11.3 Å². The summed E-state index contributed by atoms with van der Waals surface area (Å²) in [5.74, 6) is 1.12. The largest absolute Gasteiger partial charge is 0.446 e. The van der Waals surface area contributed by atoms with E-state index >= 15 is 0 Å². The molecule has 4 rings (SSSR count). The Kier molecular flexibility index (Phi) is 4.60. The van der Waals surface area contributed by atoms with Crippen LogP contribution < -0.4 is 9.64 Å². The summed E-state index contributed by atoms with van der Waals surface area (Å²) in [6.45, 7) is 3.57. The van der Waals surface area contributed by atoms with Gasteiger partial charge in [0.05, 0.1) is 10.6 Å². The normalized spacial score (nSPS) is 15.6. The number of anilines is 1. The van der Waals surface area contributed by atoms with Crippen LogP contribution in [-0.2, 0) is 4.79 Å². The van der Waals surface area contributed by atoms with Crippen LogP contribution in [0, 0.1) is 0 Å². The van der Waals surface area contributed by atoms with Gasteiger partial charge in [-0.25, -0.2) is 0 Å². The standard InChI is InChI=1S/C18H16N4O2S2/c1-3-25-18-19-16-15(20-21-18)12-7-4-5-8-13(12)22(11(2)23)17(24-16)14-9-6-10-26-14/h4-10,17H,3H2,1-2H3/t17-/m1/s1. The molecule has 6 nitrogen and oxygen atoms in total. The highest BCUT2D eigenvalue weighted by molar-refractivity contribution is 7.99. The van der Waals surface area contributed by atoms with Crippen molar-refractivity contribution in [2.45, 2.75) is 25.2 Å². The molecular formula is C18H16N4O2S2. The zero-order chi connectivity index (χ0) is 18.1. The predicted octanol–water partition coefficient (Wildman–Crippen LogP) is 4.16. The van der Waals surface area contributed by atoms with E-state index in [-0.39, 0.29) is 5.91 Å². The smallest absolute Gasteiger partial charge is 0.247 e. The van der Waals surface area contributed by atoms with Crippen molar-refractivity contribution in [3.63, 3.8) is 0 Å². The maximum Gasteiger partial charge on any atom is 0.247 e. The van der Waals surface area contributed by atoms with Crippen molar-refractivity contribution in [1.29, 1.82) is 0 Å². The van der Waals surface area contributed by atoms with E-state index in [1.165, 1.54) is 30.0 Å². The van der Waals surface area contributed by atoms with E-state index in [2.05, 4.69) is 15.2 Å². The first-order valence-electron chi connectivity index (χ1n) is 8.15. The second-order valence-electron chi connectivity index (χ2n) is 5.57. The molecule has 0 spiro atoms. The molecule has 3 heterocycles. The van der Waals surface area contributed by atoms with Gasteiger partial charge in [0.15, 0.2) is 5.69 Å². The Balaban J connectivity index is 1.94. The minimum atomic E-state index is -0.592. The molecule has 0 saturated heterocycles. The third-order valence-corrected chi connectivity index (χ3v) is 5.53. The Labute approximate surface area is 159 Å². The zero-order valence-corrected chi connectivity index (χ0v) is 15.9. The second kappa shape index (κ2) is 7.05.